The van der Waals surface area contributed by atoms with Crippen molar-refractivity contribution < 1.29 is 0 Å². The summed E-state index contributed by atoms with van der Waals surface area (Å²) in [6, 6.07) is 12.5. The average Bonchev–Trinajstić information content (AvgIpc) is 2.50. The van der Waals surface area contributed by atoms with Crippen molar-refractivity contribution in [3.8, 4) is 0 Å². The molecule has 104 valence electrons. The van der Waals surface area contributed by atoms with Gasteiger partial charge in [-0.05, 0) is 36.5 Å². The van der Waals surface area contributed by atoms with Crippen molar-refractivity contribution in [1.82, 2.24) is 10.4 Å². The van der Waals surface area contributed by atoms with Crippen molar-refractivity contribution in [2.75, 3.05) is 5.73 Å². The molecule has 2 atom stereocenters. The van der Waals surface area contributed by atoms with Crippen LogP contribution in [0.3, 0.4) is 0 Å². The maximum atomic E-state index is 6.02. The average molecular weight is 268 g/mol. The summed E-state index contributed by atoms with van der Waals surface area (Å²) >= 11 is 0. The van der Waals surface area contributed by atoms with Gasteiger partial charge in [0.25, 0.3) is 0 Å². The third-order valence-electron chi connectivity index (χ3n) is 4.20. The van der Waals surface area contributed by atoms with E-state index in [9.17, 15) is 0 Å². The highest BCUT2D eigenvalue weighted by Crippen LogP contribution is 2.40. The third-order valence-corrected chi connectivity index (χ3v) is 4.20. The molecule has 1 aromatic heterocycles. The highest BCUT2D eigenvalue weighted by atomic mass is 15.2. The van der Waals surface area contributed by atoms with Gasteiger partial charge in [-0.25, -0.2) is 4.98 Å². The van der Waals surface area contributed by atoms with E-state index in [1.807, 2.05) is 12.1 Å². The Morgan fingerprint density at radius 2 is 2.05 bits per heavy atom. The number of aryl methyl sites for hydroxylation is 1. The molecular weight excluding hydrogens is 248 g/mol. The number of nitrogen functional groups attached to an aromatic ring is 1. The van der Waals surface area contributed by atoms with Gasteiger partial charge in [-0.2, -0.15) is 0 Å². The molecule has 0 aliphatic heterocycles. The van der Waals surface area contributed by atoms with E-state index in [2.05, 4.69) is 34.7 Å². The van der Waals surface area contributed by atoms with Gasteiger partial charge in [0, 0.05) is 17.7 Å². The fraction of sp³-hybridized carbons (Fsp3) is 0.312. The fourth-order valence-electron chi connectivity index (χ4n) is 3.25. The summed E-state index contributed by atoms with van der Waals surface area (Å²) in [6.45, 7) is 0. The number of anilines is 1. The highest BCUT2D eigenvalue weighted by molar-refractivity contribution is 5.44. The lowest BCUT2D eigenvalue weighted by Gasteiger charge is -2.32. The van der Waals surface area contributed by atoms with E-state index in [1.165, 1.54) is 17.5 Å². The van der Waals surface area contributed by atoms with Gasteiger partial charge in [0.05, 0.1) is 6.04 Å². The van der Waals surface area contributed by atoms with Crippen LogP contribution >= 0.6 is 0 Å². The van der Waals surface area contributed by atoms with Crippen LogP contribution in [0, 0.1) is 0 Å². The topological polar surface area (TPSA) is 77.0 Å². The Morgan fingerprint density at radius 3 is 2.85 bits per heavy atom. The zero-order valence-electron chi connectivity index (χ0n) is 11.4. The first-order chi connectivity index (χ1) is 9.81. The smallest absolute Gasteiger partial charge is 0.128 e. The monoisotopic (exact) mass is 268 g/mol. The second-order valence-electron chi connectivity index (χ2n) is 5.32. The lowest BCUT2D eigenvalue weighted by molar-refractivity contribution is 0.408. The summed E-state index contributed by atoms with van der Waals surface area (Å²) in [6.07, 6.45) is 5.15. The van der Waals surface area contributed by atoms with E-state index in [0.29, 0.717) is 11.7 Å². The van der Waals surface area contributed by atoms with Crippen LogP contribution in [0.15, 0.2) is 42.6 Å². The molecule has 4 heteroatoms. The highest BCUT2D eigenvalue weighted by Gasteiger charge is 2.29. The van der Waals surface area contributed by atoms with Crippen LogP contribution in [0.1, 0.15) is 41.5 Å². The predicted octanol–water partition coefficient (Wildman–Crippen LogP) is 2.29. The van der Waals surface area contributed by atoms with Gasteiger partial charge in [-0.1, -0.05) is 30.3 Å². The first-order valence-corrected chi connectivity index (χ1v) is 7.05. The second kappa shape index (κ2) is 5.61. The minimum atomic E-state index is 0.00477. The van der Waals surface area contributed by atoms with Gasteiger partial charge in [-0.15, -0.1) is 0 Å². The Kier molecular flexibility index (Phi) is 3.67. The molecule has 1 aliphatic rings. The molecule has 0 fully saturated rings. The summed E-state index contributed by atoms with van der Waals surface area (Å²) < 4.78 is 0. The van der Waals surface area contributed by atoms with Crippen molar-refractivity contribution in [2.24, 2.45) is 5.84 Å². The lowest BCUT2D eigenvalue weighted by atomic mass is 9.77. The molecule has 0 radical (unpaired) electrons. The van der Waals surface area contributed by atoms with E-state index in [0.717, 1.165) is 18.4 Å². The van der Waals surface area contributed by atoms with E-state index in [-0.39, 0.29) is 6.04 Å². The molecule has 0 saturated carbocycles. The number of nitrogens with zero attached hydrogens (tertiary/aromatic N) is 1. The molecule has 0 bridgehead atoms. The Labute approximate surface area is 119 Å². The molecule has 1 aliphatic carbocycles. The van der Waals surface area contributed by atoms with Gasteiger partial charge >= 0.3 is 0 Å². The van der Waals surface area contributed by atoms with Crippen molar-refractivity contribution in [3.05, 3.63) is 59.3 Å². The molecule has 20 heavy (non-hydrogen) atoms. The minimum Gasteiger partial charge on any atom is -0.383 e. The van der Waals surface area contributed by atoms with Gasteiger partial charge < -0.3 is 5.73 Å². The number of hydrogen-bond donors (Lipinski definition) is 3. The Balaban J connectivity index is 2.01. The van der Waals surface area contributed by atoms with Crippen LogP contribution in [-0.2, 0) is 6.42 Å². The summed E-state index contributed by atoms with van der Waals surface area (Å²) in [5, 5.41) is 0. The number of rotatable bonds is 3. The fourth-order valence-corrected chi connectivity index (χ4v) is 3.25. The van der Waals surface area contributed by atoms with Gasteiger partial charge in [-0.3, -0.25) is 11.3 Å². The molecule has 1 aromatic carbocycles. The normalized spacial score (nSPS) is 19.4. The number of nitrogens with two attached hydrogens (primary N) is 2. The van der Waals surface area contributed by atoms with Crippen molar-refractivity contribution >= 4 is 5.82 Å². The van der Waals surface area contributed by atoms with Crippen molar-refractivity contribution in [1.29, 1.82) is 0 Å². The summed E-state index contributed by atoms with van der Waals surface area (Å²) in [7, 11) is 0. The van der Waals surface area contributed by atoms with Gasteiger partial charge in [0.1, 0.15) is 5.82 Å². The number of fused-ring (bicyclic) bond motifs is 1. The Bertz CT molecular complexity index is 597. The van der Waals surface area contributed by atoms with E-state index < -0.39 is 0 Å². The van der Waals surface area contributed by atoms with Crippen LogP contribution in [0.2, 0.25) is 0 Å². The quantitative estimate of drug-likeness (QED) is 0.589. The Hall–Kier alpha value is -1.91. The predicted molar refractivity (Wildman–Crippen MR) is 80.8 cm³/mol. The largest absolute Gasteiger partial charge is 0.383 e. The van der Waals surface area contributed by atoms with E-state index in [1.54, 1.807) is 6.20 Å². The van der Waals surface area contributed by atoms with Crippen LogP contribution in [0.4, 0.5) is 5.82 Å². The van der Waals surface area contributed by atoms with Crippen LogP contribution < -0.4 is 17.0 Å². The molecule has 0 spiro atoms. The molecule has 5 N–H and O–H groups in total. The van der Waals surface area contributed by atoms with E-state index in [4.69, 9.17) is 11.6 Å². The first-order valence-electron chi connectivity index (χ1n) is 7.05. The van der Waals surface area contributed by atoms with Crippen LogP contribution in [0.5, 0.6) is 0 Å². The Morgan fingerprint density at radius 1 is 1.20 bits per heavy atom. The second-order valence-corrected chi connectivity index (χ2v) is 5.32. The SMILES string of the molecule is NNC(c1cccnc1N)C1CCCc2ccccc21. The number of hydrogen-bond acceptors (Lipinski definition) is 4. The van der Waals surface area contributed by atoms with Crippen molar-refractivity contribution in [3.63, 3.8) is 0 Å². The number of hydrazine groups is 1. The summed E-state index contributed by atoms with van der Waals surface area (Å²) in [4.78, 5) is 4.18. The minimum absolute atomic E-state index is 0.00477. The number of pyridine rings is 1. The molecule has 4 nitrogen and oxygen atoms in total. The van der Waals surface area contributed by atoms with Crippen LogP contribution in [0.25, 0.3) is 0 Å². The maximum absolute atomic E-state index is 6.02. The van der Waals surface area contributed by atoms with Crippen molar-refractivity contribution in [2.45, 2.75) is 31.2 Å². The first kappa shape index (κ1) is 13.1. The molecule has 0 amide bonds. The molecule has 2 unspecified atom stereocenters. The molecule has 1 heterocycles. The molecule has 0 saturated heterocycles. The number of nitrogens with one attached hydrogen (secondary N) is 1. The van der Waals surface area contributed by atoms with Crippen LogP contribution in [-0.4, -0.2) is 4.98 Å². The molecule has 3 rings (SSSR count). The zero-order valence-corrected chi connectivity index (χ0v) is 11.4. The summed E-state index contributed by atoms with van der Waals surface area (Å²) in [5.41, 5.74) is 12.8. The number of benzene rings is 1. The standard InChI is InChI=1S/C16H20N4/c17-16-14(9-4-10-19-16)15(20-18)13-8-3-6-11-5-1-2-7-12(11)13/h1-2,4-5,7,9-10,13,15,20H,3,6,8,18H2,(H2,17,19). The number of aromatic nitrogens is 1. The lowest BCUT2D eigenvalue weighted by Crippen LogP contribution is -2.34. The maximum Gasteiger partial charge on any atom is 0.128 e. The van der Waals surface area contributed by atoms with E-state index >= 15 is 0 Å². The van der Waals surface area contributed by atoms with Gasteiger partial charge in [0.15, 0.2) is 0 Å². The molecule has 2 aromatic rings. The summed E-state index contributed by atoms with van der Waals surface area (Å²) in [5.74, 6) is 6.73. The zero-order chi connectivity index (χ0) is 13.9. The third kappa shape index (κ3) is 2.28. The van der Waals surface area contributed by atoms with Gasteiger partial charge in [0.2, 0.25) is 0 Å². The molecular formula is C16H20N4.